The summed E-state index contributed by atoms with van der Waals surface area (Å²) >= 11 is 20.9. The van der Waals surface area contributed by atoms with E-state index in [1.807, 2.05) is 0 Å². The van der Waals surface area contributed by atoms with Crippen molar-refractivity contribution in [3.8, 4) is 0 Å². The zero-order valence-electron chi connectivity index (χ0n) is 3.30. The lowest BCUT2D eigenvalue weighted by atomic mass is 10.5. The van der Waals surface area contributed by atoms with Gasteiger partial charge in [-0.2, -0.15) is 0 Å². The normalized spacial score (nSPS) is 12.9. The number of rotatable bonds is 1. The second-order valence-corrected chi connectivity index (χ2v) is 3.70. The van der Waals surface area contributed by atoms with Crippen LogP contribution in [0.5, 0.6) is 0 Å². The summed E-state index contributed by atoms with van der Waals surface area (Å²) in [6, 6.07) is 0. The molecule has 0 aromatic heterocycles. The summed E-state index contributed by atoms with van der Waals surface area (Å²) < 4.78 is -1.27. The Morgan fingerprint density at radius 2 is 1.43 bits per heavy atom. The Kier molecular flexibility index (Phi) is 3.07. The van der Waals surface area contributed by atoms with Crippen LogP contribution >= 0.6 is 46.4 Å². The van der Waals surface area contributed by atoms with Gasteiger partial charge in [0.05, 0.1) is 0 Å². The van der Waals surface area contributed by atoms with Crippen LogP contribution in [0.25, 0.3) is 0 Å². The van der Waals surface area contributed by atoms with Gasteiger partial charge in [-0.1, -0.05) is 23.2 Å². The van der Waals surface area contributed by atoms with Crippen LogP contribution in [-0.2, 0) is 0 Å². The van der Waals surface area contributed by atoms with E-state index in [2.05, 4.69) is 6.92 Å². The van der Waals surface area contributed by atoms with Crippen molar-refractivity contribution in [1.29, 1.82) is 0 Å². The maximum absolute atomic E-state index is 5.26. The van der Waals surface area contributed by atoms with Crippen molar-refractivity contribution in [2.45, 2.75) is 9.17 Å². The summed E-state index contributed by atoms with van der Waals surface area (Å²) in [5.74, 6) is 0. The molecule has 4 heteroatoms. The predicted molar refractivity (Wildman–Crippen MR) is 35.3 cm³/mol. The summed E-state index contributed by atoms with van der Waals surface area (Å²) in [7, 11) is 0. The first-order valence-corrected chi connectivity index (χ1v) is 3.09. The minimum absolute atomic E-state index is 0.837. The van der Waals surface area contributed by atoms with E-state index >= 15 is 0 Å². The zero-order valence-corrected chi connectivity index (χ0v) is 6.32. The average molecular weight is 181 g/mol. The van der Waals surface area contributed by atoms with Crippen molar-refractivity contribution >= 4 is 46.4 Å². The molecule has 0 aliphatic heterocycles. The molecule has 0 saturated carbocycles. The van der Waals surface area contributed by atoms with E-state index < -0.39 is 9.17 Å². The molecule has 0 fully saturated rings. The maximum Gasteiger partial charge on any atom is 0.148 e. The Balaban J connectivity index is 3.54. The highest BCUT2D eigenvalue weighted by Gasteiger charge is 2.25. The molecule has 43 valence electrons. The van der Waals surface area contributed by atoms with Crippen molar-refractivity contribution in [3.63, 3.8) is 0 Å². The Bertz CT molecular complexity index is 52.4. The molecule has 0 spiro atoms. The SMILES string of the molecule is [CH2]C(Cl)(Cl)C(Cl)Cl. The summed E-state index contributed by atoms with van der Waals surface area (Å²) in [6.45, 7) is 3.24. The highest BCUT2D eigenvalue weighted by Crippen LogP contribution is 2.30. The van der Waals surface area contributed by atoms with Crippen molar-refractivity contribution in [1.82, 2.24) is 0 Å². The Morgan fingerprint density at radius 1 is 1.29 bits per heavy atom. The monoisotopic (exact) mass is 179 g/mol. The van der Waals surface area contributed by atoms with Gasteiger partial charge in [0, 0.05) is 0 Å². The molecule has 0 heterocycles. The van der Waals surface area contributed by atoms with Crippen LogP contribution < -0.4 is 0 Å². The third-order valence-electron chi connectivity index (χ3n) is 0.319. The van der Waals surface area contributed by atoms with Gasteiger partial charge >= 0.3 is 0 Å². The molecule has 0 aromatic carbocycles. The van der Waals surface area contributed by atoms with Gasteiger partial charge in [0.15, 0.2) is 0 Å². The lowest BCUT2D eigenvalue weighted by molar-refractivity contribution is 1.06. The fraction of sp³-hybridized carbons (Fsp3) is 0.667. The van der Waals surface area contributed by atoms with Gasteiger partial charge in [-0.3, -0.25) is 0 Å². The second-order valence-electron chi connectivity index (χ2n) is 1.06. The van der Waals surface area contributed by atoms with Crippen molar-refractivity contribution in [2.24, 2.45) is 0 Å². The fourth-order valence-electron chi connectivity index (χ4n) is 0. The van der Waals surface area contributed by atoms with Crippen LogP contribution in [0, 0.1) is 6.92 Å². The molecule has 0 bridgehead atoms. The lowest BCUT2D eigenvalue weighted by Crippen LogP contribution is -2.15. The van der Waals surface area contributed by atoms with Crippen LogP contribution in [0.2, 0.25) is 0 Å². The van der Waals surface area contributed by atoms with E-state index in [0.29, 0.717) is 0 Å². The lowest BCUT2D eigenvalue weighted by Gasteiger charge is -2.11. The third kappa shape index (κ3) is 3.72. The molecule has 0 atom stereocenters. The van der Waals surface area contributed by atoms with Gasteiger partial charge < -0.3 is 0 Å². The predicted octanol–water partition coefficient (Wildman–Crippen LogP) is 2.80. The molecule has 0 aliphatic carbocycles. The molecule has 0 unspecified atom stereocenters. The van der Waals surface area contributed by atoms with E-state index in [-0.39, 0.29) is 0 Å². The Hall–Kier alpha value is 1.16. The third-order valence-corrected chi connectivity index (χ3v) is 1.95. The molecule has 0 aliphatic rings. The topological polar surface area (TPSA) is 0 Å². The molecule has 1 radical (unpaired) electrons. The van der Waals surface area contributed by atoms with Crippen LogP contribution in [0.15, 0.2) is 0 Å². The van der Waals surface area contributed by atoms with Gasteiger partial charge in [-0.15, -0.1) is 23.2 Å². The molecule has 0 nitrogen and oxygen atoms in total. The average Bonchev–Trinajstić information content (AvgIpc) is 1.31. The van der Waals surface area contributed by atoms with E-state index in [4.69, 9.17) is 46.4 Å². The molecule has 0 amide bonds. The van der Waals surface area contributed by atoms with Crippen LogP contribution in [0.4, 0.5) is 0 Å². The molecule has 7 heavy (non-hydrogen) atoms. The summed E-state index contributed by atoms with van der Waals surface area (Å²) in [5.41, 5.74) is 0. The maximum atomic E-state index is 5.26. The Labute approximate surface area is 62.7 Å². The van der Waals surface area contributed by atoms with Crippen LogP contribution in [0.1, 0.15) is 0 Å². The van der Waals surface area contributed by atoms with Gasteiger partial charge in [-0.05, 0) is 6.92 Å². The van der Waals surface area contributed by atoms with Crippen LogP contribution in [-0.4, -0.2) is 9.17 Å². The van der Waals surface area contributed by atoms with E-state index in [1.54, 1.807) is 0 Å². The molecule has 0 N–H and O–H groups in total. The molecular weight excluding hydrogens is 178 g/mol. The first kappa shape index (κ1) is 8.16. The standard InChI is InChI=1S/C3H3Cl4/c1-3(6,7)2(4)5/h2H,1H2. The molecule has 0 aromatic rings. The smallest absolute Gasteiger partial charge is 0.102 e. The highest BCUT2D eigenvalue weighted by atomic mass is 35.5. The summed E-state index contributed by atoms with van der Waals surface area (Å²) in [5, 5.41) is 0. The summed E-state index contributed by atoms with van der Waals surface area (Å²) in [6.07, 6.45) is 0. The number of halogens is 4. The molecule has 0 rings (SSSR count). The van der Waals surface area contributed by atoms with Crippen molar-refractivity contribution < 1.29 is 0 Å². The van der Waals surface area contributed by atoms with E-state index in [1.165, 1.54) is 0 Å². The quantitative estimate of drug-likeness (QED) is 0.545. The van der Waals surface area contributed by atoms with Gasteiger partial charge in [-0.25, -0.2) is 0 Å². The van der Waals surface area contributed by atoms with Crippen molar-refractivity contribution in [2.75, 3.05) is 0 Å². The largest absolute Gasteiger partial charge is 0.148 e. The molecular formula is C3H3Cl4. The first-order valence-electron chi connectivity index (χ1n) is 1.46. The number of hydrogen-bond acceptors (Lipinski definition) is 0. The first-order chi connectivity index (χ1) is 2.94. The summed E-state index contributed by atoms with van der Waals surface area (Å²) in [4.78, 5) is -0.837. The van der Waals surface area contributed by atoms with Gasteiger partial charge in [0.25, 0.3) is 0 Å². The van der Waals surface area contributed by atoms with Gasteiger partial charge in [0.2, 0.25) is 0 Å². The van der Waals surface area contributed by atoms with E-state index in [9.17, 15) is 0 Å². The highest BCUT2D eigenvalue weighted by molar-refractivity contribution is 6.60. The fourth-order valence-corrected chi connectivity index (χ4v) is 0. The van der Waals surface area contributed by atoms with Gasteiger partial charge in [0.1, 0.15) is 9.17 Å². The Morgan fingerprint density at radius 3 is 1.43 bits per heavy atom. The number of hydrogen-bond donors (Lipinski definition) is 0. The zero-order chi connectivity index (χ0) is 6.08. The second kappa shape index (κ2) is 2.63. The minimum atomic E-state index is -1.27. The minimum Gasteiger partial charge on any atom is -0.102 e. The van der Waals surface area contributed by atoms with Crippen molar-refractivity contribution in [3.05, 3.63) is 6.92 Å². The van der Waals surface area contributed by atoms with Crippen LogP contribution in [0.3, 0.4) is 0 Å². The molecule has 0 saturated heterocycles. The van der Waals surface area contributed by atoms with E-state index in [0.717, 1.165) is 0 Å². The number of alkyl halides is 4.